The molecule has 6 heteroatoms. The molecule has 1 N–H and O–H groups in total. The van der Waals surface area contributed by atoms with Gasteiger partial charge in [0.25, 0.3) is 5.91 Å². The van der Waals surface area contributed by atoms with Crippen LogP contribution in [0.25, 0.3) is 11.4 Å². The average Bonchev–Trinajstić information content (AvgIpc) is 3.18. The zero-order chi connectivity index (χ0) is 15.3. The van der Waals surface area contributed by atoms with Crippen molar-refractivity contribution in [2.75, 3.05) is 18.0 Å². The molecule has 1 unspecified atom stereocenters. The number of anilines is 1. The Kier molecular flexibility index (Phi) is 2.92. The molecule has 4 rings (SSSR count). The van der Waals surface area contributed by atoms with Gasteiger partial charge in [0.15, 0.2) is 0 Å². The molecule has 2 aliphatic heterocycles. The van der Waals surface area contributed by atoms with Crippen LogP contribution in [-0.4, -0.2) is 33.5 Å². The van der Waals surface area contributed by atoms with Gasteiger partial charge in [0.1, 0.15) is 17.3 Å². The molecule has 0 bridgehead atoms. The van der Waals surface area contributed by atoms with Crippen LogP contribution in [0.3, 0.4) is 0 Å². The predicted octanol–water partition coefficient (Wildman–Crippen LogP) is 1.57. The molecular formula is C16H19N5O. The van der Waals surface area contributed by atoms with E-state index in [2.05, 4.69) is 27.1 Å². The van der Waals surface area contributed by atoms with Crippen molar-refractivity contribution in [3.8, 4) is 11.4 Å². The highest BCUT2D eigenvalue weighted by Gasteiger charge is 2.27. The predicted molar refractivity (Wildman–Crippen MR) is 83.6 cm³/mol. The number of nitrogens with zero attached hydrogens (tertiary/aromatic N) is 4. The van der Waals surface area contributed by atoms with Gasteiger partial charge in [-0.05, 0) is 24.5 Å². The highest BCUT2D eigenvalue weighted by atomic mass is 16.2. The number of hydrogen-bond acceptors (Lipinski definition) is 4. The van der Waals surface area contributed by atoms with Gasteiger partial charge in [-0.15, -0.1) is 0 Å². The van der Waals surface area contributed by atoms with Crippen LogP contribution >= 0.6 is 0 Å². The Labute approximate surface area is 129 Å². The number of hydrogen-bond donors (Lipinski definition) is 1. The van der Waals surface area contributed by atoms with Gasteiger partial charge in [0, 0.05) is 31.9 Å². The molecule has 0 aromatic carbocycles. The molecule has 2 aromatic heterocycles. The summed E-state index contributed by atoms with van der Waals surface area (Å²) in [7, 11) is 1.88. The first-order valence-electron chi connectivity index (χ1n) is 7.68. The lowest BCUT2D eigenvalue weighted by Gasteiger charge is -2.17. The number of aromatic nitrogens is 3. The number of fused-ring (bicyclic) bond motifs is 1. The van der Waals surface area contributed by atoms with Crippen LogP contribution in [0.4, 0.5) is 5.82 Å². The van der Waals surface area contributed by atoms with Crippen LogP contribution in [0.2, 0.25) is 0 Å². The third-order valence-corrected chi connectivity index (χ3v) is 4.55. The number of carbonyl (C=O) groups excluding carboxylic acids is 1. The molecule has 6 nitrogen and oxygen atoms in total. The van der Waals surface area contributed by atoms with E-state index in [0.717, 1.165) is 41.9 Å². The van der Waals surface area contributed by atoms with Gasteiger partial charge in [0.05, 0.1) is 12.2 Å². The van der Waals surface area contributed by atoms with Crippen molar-refractivity contribution in [1.29, 1.82) is 0 Å². The molecule has 1 atom stereocenters. The van der Waals surface area contributed by atoms with Crippen LogP contribution in [0.15, 0.2) is 18.3 Å². The lowest BCUT2D eigenvalue weighted by atomic mass is 10.2. The molecule has 0 aliphatic carbocycles. The summed E-state index contributed by atoms with van der Waals surface area (Å²) in [5, 5.41) is 2.79. The molecule has 1 saturated heterocycles. The third kappa shape index (κ3) is 1.98. The van der Waals surface area contributed by atoms with Gasteiger partial charge in [-0.25, -0.2) is 9.97 Å². The fourth-order valence-electron chi connectivity index (χ4n) is 3.32. The second-order valence-electron chi connectivity index (χ2n) is 6.22. The lowest BCUT2D eigenvalue weighted by molar-refractivity contribution is 0.0958. The van der Waals surface area contributed by atoms with Crippen molar-refractivity contribution in [3.63, 3.8) is 0 Å². The van der Waals surface area contributed by atoms with Gasteiger partial charge < -0.3 is 14.8 Å². The number of amides is 1. The minimum atomic E-state index is -0.0492. The zero-order valence-electron chi connectivity index (χ0n) is 12.8. The molecule has 1 amide bonds. The van der Waals surface area contributed by atoms with Gasteiger partial charge >= 0.3 is 0 Å². The maximum absolute atomic E-state index is 11.8. The number of pyridine rings is 1. The molecule has 0 radical (unpaired) electrons. The van der Waals surface area contributed by atoms with Crippen molar-refractivity contribution in [2.24, 2.45) is 13.0 Å². The Balaban J connectivity index is 1.64. The fourth-order valence-corrected chi connectivity index (χ4v) is 3.32. The summed E-state index contributed by atoms with van der Waals surface area (Å²) in [5.41, 5.74) is 2.42. The van der Waals surface area contributed by atoms with E-state index in [1.165, 1.54) is 6.42 Å². The van der Waals surface area contributed by atoms with Crippen LogP contribution in [-0.2, 0) is 13.6 Å². The van der Waals surface area contributed by atoms with Gasteiger partial charge in [-0.2, -0.15) is 0 Å². The molecular weight excluding hydrogens is 278 g/mol. The molecule has 114 valence electrons. The Bertz CT molecular complexity index is 734. The average molecular weight is 297 g/mol. The molecule has 2 aliphatic rings. The Morgan fingerprint density at radius 1 is 1.36 bits per heavy atom. The minimum absolute atomic E-state index is 0.0492. The topological polar surface area (TPSA) is 63.1 Å². The highest BCUT2D eigenvalue weighted by molar-refractivity contribution is 5.97. The molecule has 0 spiro atoms. The van der Waals surface area contributed by atoms with Gasteiger partial charge in [-0.3, -0.25) is 4.79 Å². The summed E-state index contributed by atoms with van der Waals surface area (Å²) >= 11 is 0. The van der Waals surface area contributed by atoms with E-state index >= 15 is 0 Å². The Hall–Kier alpha value is -2.37. The SMILES string of the molecule is CC1CCN(c2ccc(-c3nc4c(n3C)C(=O)NC4)cn2)C1. The maximum Gasteiger partial charge on any atom is 0.270 e. The van der Waals surface area contributed by atoms with Gasteiger partial charge in [0.2, 0.25) is 0 Å². The minimum Gasteiger partial charge on any atom is -0.356 e. The second kappa shape index (κ2) is 4.83. The van der Waals surface area contributed by atoms with Crippen molar-refractivity contribution < 1.29 is 4.79 Å². The lowest BCUT2D eigenvalue weighted by Crippen LogP contribution is -2.20. The van der Waals surface area contributed by atoms with E-state index in [9.17, 15) is 4.79 Å². The van der Waals surface area contributed by atoms with Crippen LogP contribution in [0, 0.1) is 5.92 Å². The Morgan fingerprint density at radius 3 is 2.86 bits per heavy atom. The van der Waals surface area contributed by atoms with E-state index in [-0.39, 0.29) is 5.91 Å². The summed E-state index contributed by atoms with van der Waals surface area (Å²) in [6.45, 7) is 4.93. The standard InChI is InChI=1S/C16H19N5O/c1-10-5-6-21(9-10)13-4-3-11(7-17-13)15-19-12-8-18-16(22)14(12)20(15)2/h3-4,7,10H,5-6,8-9H2,1-2H3,(H,18,22). The monoisotopic (exact) mass is 297 g/mol. The number of carbonyl (C=O) groups is 1. The summed E-state index contributed by atoms with van der Waals surface area (Å²) in [5.74, 6) is 2.51. The number of nitrogens with one attached hydrogen (secondary N) is 1. The molecule has 0 saturated carbocycles. The molecule has 1 fully saturated rings. The van der Waals surface area contributed by atoms with Crippen molar-refractivity contribution in [3.05, 3.63) is 29.7 Å². The van der Waals surface area contributed by atoms with Crippen molar-refractivity contribution in [1.82, 2.24) is 19.9 Å². The number of imidazole rings is 1. The number of rotatable bonds is 2. The quantitative estimate of drug-likeness (QED) is 0.914. The summed E-state index contributed by atoms with van der Waals surface area (Å²) in [6, 6.07) is 4.09. The van der Waals surface area contributed by atoms with Crippen molar-refractivity contribution >= 4 is 11.7 Å². The van der Waals surface area contributed by atoms with E-state index in [1.807, 2.05) is 29.9 Å². The van der Waals surface area contributed by atoms with Crippen LogP contribution in [0.5, 0.6) is 0 Å². The molecule has 4 heterocycles. The second-order valence-corrected chi connectivity index (χ2v) is 6.22. The van der Waals surface area contributed by atoms with E-state index in [0.29, 0.717) is 12.2 Å². The first kappa shape index (κ1) is 13.3. The van der Waals surface area contributed by atoms with E-state index in [1.54, 1.807) is 0 Å². The first-order chi connectivity index (χ1) is 10.6. The zero-order valence-corrected chi connectivity index (χ0v) is 12.8. The molecule has 22 heavy (non-hydrogen) atoms. The summed E-state index contributed by atoms with van der Waals surface area (Å²) in [4.78, 5) is 23.3. The third-order valence-electron chi connectivity index (χ3n) is 4.55. The summed E-state index contributed by atoms with van der Waals surface area (Å²) in [6.07, 6.45) is 3.08. The van der Waals surface area contributed by atoms with Crippen LogP contribution < -0.4 is 10.2 Å². The van der Waals surface area contributed by atoms with E-state index < -0.39 is 0 Å². The smallest absolute Gasteiger partial charge is 0.270 e. The molecule has 2 aromatic rings. The van der Waals surface area contributed by atoms with Crippen molar-refractivity contribution in [2.45, 2.75) is 19.9 Å². The maximum atomic E-state index is 11.8. The summed E-state index contributed by atoms with van der Waals surface area (Å²) < 4.78 is 1.85. The Morgan fingerprint density at radius 2 is 2.23 bits per heavy atom. The fraction of sp³-hybridized carbons (Fsp3) is 0.438. The first-order valence-corrected chi connectivity index (χ1v) is 7.68. The van der Waals surface area contributed by atoms with Crippen LogP contribution in [0.1, 0.15) is 29.5 Å². The largest absolute Gasteiger partial charge is 0.356 e. The highest BCUT2D eigenvalue weighted by Crippen LogP contribution is 2.26. The normalized spacial score (nSPS) is 20.4. The van der Waals surface area contributed by atoms with Gasteiger partial charge in [-0.1, -0.05) is 6.92 Å². The van der Waals surface area contributed by atoms with E-state index in [4.69, 9.17) is 0 Å².